The summed E-state index contributed by atoms with van der Waals surface area (Å²) in [5, 5.41) is 0. The fourth-order valence-electron chi connectivity index (χ4n) is 3.31. The minimum atomic E-state index is -3.45. The minimum Gasteiger partial charge on any atom is -0.337 e. The first-order valence-corrected chi connectivity index (χ1v) is 10.3. The number of nitrogens with zero attached hydrogens (tertiary/aromatic N) is 3. The van der Waals surface area contributed by atoms with Crippen LogP contribution in [0, 0.1) is 0 Å². The number of hydrogen-bond acceptors (Lipinski definition) is 4. The van der Waals surface area contributed by atoms with Gasteiger partial charge in [0.05, 0.1) is 11.4 Å². The summed E-state index contributed by atoms with van der Waals surface area (Å²) in [5.41, 5.74) is 0. The highest BCUT2D eigenvalue weighted by molar-refractivity contribution is 7.89. The van der Waals surface area contributed by atoms with Crippen molar-refractivity contribution in [2.45, 2.75) is 44.7 Å². The van der Waals surface area contributed by atoms with Crippen molar-refractivity contribution in [3.05, 3.63) is 30.3 Å². The van der Waals surface area contributed by atoms with Crippen LogP contribution < -0.4 is 0 Å². The van der Waals surface area contributed by atoms with Crippen molar-refractivity contribution in [3.63, 3.8) is 0 Å². The molecule has 0 atom stereocenters. The molecular weight excluding hydrogens is 338 g/mol. The topological polar surface area (TPSA) is 60.9 Å². The van der Waals surface area contributed by atoms with Crippen LogP contribution in [0.4, 0.5) is 0 Å². The summed E-state index contributed by atoms with van der Waals surface area (Å²) in [5.74, 6) is 0.101. The van der Waals surface area contributed by atoms with Crippen molar-refractivity contribution >= 4 is 15.9 Å². The monoisotopic (exact) mass is 367 g/mol. The highest BCUT2D eigenvalue weighted by Crippen LogP contribution is 2.17. The molecule has 7 heteroatoms. The normalized spacial score (nSPS) is 17.2. The third-order valence-electron chi connectivity index (χ3n) is 4.47. The van der Waals surface area contributed by atoms with Gasteiger partial charge in [-0.1, -0.05) is 18.2 Å². The van der Waals surface area contributed by atoms with Gasteiger partial charge in [-0.25, -0.2) is 8.42 Å². The molecule has 0 bridgehead atoms. The fraction of sp³-hybridized carbons (Fsp3) is 0.611. The highest BCUT2D eigenvalue weighted by atomic mass is 32.2. The second-order valence-corrected chi connectivity index (χ2v) is 8.92. The maximum absolute atomic E-state index is 12.6. The summed E-state index contributed by atoms with van der Waals surface area (Å²) < 4.78 is 26.8. The Bertz CT molecular complexity index is 658. The van der Waals surface area contributed by atoms with Crippen LogP contribution in [0.2, 0.25) is 0 Å². The largest absolute Gasteiger partial charge is 0.337 e. The van der Waals surface area contributed by atoms with Gasteiger partial charge in [-0.15, -0.1) is 0 Å². The quantitative estimate of drug-likeness (QED) is 0.767. The van der Waals surface area contributed by atoms with E-state index in [1.54, 1.807) is 30.3 Å². The van der Waals surface area contributed by atoms with Crippen LogP contribution in [0.25, 0.3) is 0 Å². The van der Waals surface area contributed by atoms with Gasteiger partial charge in [0, 0.05) is 38.3 Å². The molecule has 1 fully saturated rings. The zero-order chi connectivity index (χ0) is 18.6. The summed E-state index contributed by atoms with van der Waals surface area (Å²) in [7, 11) is -3.45. The Morgan fingerprint density at radius 3 is 2.00 bits per heavy atom. The molecule has 1 saturated heterocycles. The van der Waals surface area contributed by atoms with E-state index >= 15 is 0 Å². The Labute approximate surface area is 151 Å². The lowest BCUT2D eigenvalue weighted by Gasteiger charge is -2.36. The lowest BCUT2D eigenvalue weighted by atomic mass is 10.2. The summed E-state index contributed by atoms with van der Waals surface area (Å²) in [6, 6.07) is 8.82. The Balaban J connectivity index is 1.95. The predicted octanol–water partition coefficient (Wildman–Crippen LogP) is 1.64. The van der Waals surface area contributed by atoms with Gasteiger partial charge in [0.15, 0.2) is 0 Å². The third kappa shape index (κ3) is 4.80. The molecule has 0 aliphatic carbocycles. The van der Waals surface area contributed by atoms with Gasteiger partial charge in [-0.3, -0.25) is 9.69 Å². The van der Waals surface area contributed by atoms with Gasteiger partial charge in [0.1, 0.15) is 0 Å². The van der Waals surface area contributed by atoms with Crippen LogP contribution in [0.15, 0.2) is 35.2 Å². The molecule has 0 radical (unpaired) electrons. The lowest BCUT2D eigenvalue weighted by Crippen LogP contribution is -2.53. The molecule has 140 valence electrons. The third-order valence-corrected chi connectivity index (χ3v) is 6.38. The van der Waals surface area contributed by atoms with E-state index in [4.69, 9.17) is 0 Å². The Hall–Kier alpha value is -1.44. The smallest absolute Gasteiger partial charge is 0.243 e. The van der Waals surface area contributed by atoms with Crippen molar-refractivity contribution in [2.24, 2.45) is 0 Å². The van der Waals surface area contributed by atoms with Gasteiger partial charge in [-0.05, 0) is 39.8 Å². The molecule has 25 heavy (non-hydrogen) atoms. The van der Waals surface area contributed by atoms with E-state index in [-0.39, 0.29) is 18.0 Å². The Kier molecular flexibility index (Phi) is 6.59. The van der Waals surface area contributed by atoms with Crippen LogP contribution >= 0.6 is 0 Å². The van der Waals surface area contributed by atoms with Gasteiger partial charge in [0.2, 0.25) is 15.9 Å². The molecule has 1 aliphatic heterocycles. The van der Waals surface area contributed by atoms with E-state index < -0.39 is 10.0 Å². The number of sulfonamides is 1. The number of rotatable bonds is 6. The first kappa shape index (κ1) is 19.9. The maximum atomic E-state index is 12.6. The van der Waals surface area contributed by atoms with Crippen molar-refractivity contribution in [1.29, 1.82) is 0 Å². The van der Waals surface area contributed by atoms with E-state index in [1.807, 2.05) is 37.5 Å². The SMILES string of the molecule is CC(C)N(C(=O)CN1CCN(S(=O)(=O)c2ccccc2)CC1)C(C)C. The van der Waals surface area contributed by atoms with E-state index in [2.05, 4.69) is 0 Å². The van der Waals surface area contributed by atoms with Crippen LogP contribution in [-0.4, -0.2) is 73.2 Å². The van der Waals surface area contributed by atoms with Crippen LogP contribution in [0.5, 0.6) is 0 Å². The van der Waals surface area contributed by atoms with Gasteiger partial charge >= 0.3 is 0 Å². The van der Waals surface area contributed by atoms with E-state index in [0.717, 1.165) is 0 Å². The van der Waals surface area contributed by atoms with Crippen LogP contribution in [-0.2, 0) is 14.8 Å². The van der Waals surface area contributed by atoms with Gasteiger partial charge < -0.3 is 4.90 Å². The zero-order valence-corrected chi connectivity index (χ0v) is 16.4. The van der Waals surface area contributed by atoms with E-state index in [9.17, 15) is 13.2 Å². The molecule has 6 nitrogen and oxygen atoms in total. The maximum Gasteiger partial charge on any atom is 0.243 e. The standard InChI is InChI=1S/C18H29N3O3S/c1-15(2)21(16(3)4)18(22)14-19-10-12-20(13-11-19)25(23,24)17-8-6-5-7-9-17/h5-9,15-16H,10-14H2,1-4H3. The molecule has 0 spiro atoms. The molecule has 0 aromatic heterocycles. The van der Waals surface area contributed by atoms with Crippen molar-refractivity contribution in [2.75, 3.05) is 32.7 Å². The van der Waals surface area contributed by atoms with Gasteiger partial charge in [-0.2, -0.15) is 4.31 Å². The molecule has 1 aromatic rings. The molecule has 0 N–H and O–H groups in total. The molecule has 0 saturated carbocycles. The average molecular weight is 368 g/mol. The van der Waals surface area contributed by atoms with Crippen molar-refractivity contribution < 1.29 is 13.2 Å². The second kappa shape index (κ2) is 8.29. The molecule has 1 heterocycles. The van der Waals surface area contributed by atoms with Gasteiger partial charge in [0.25, 0.3) is 0 Å². The molecule has 0 unspecified atom stereocenters. The van der Waals surface area contributed by atoms with E-state index in [0.29, 0.717) is 37.6 Å². The number of carbonyl (C=O) groups is 1. The van der Waals surface area contributed by atoms with Crippen LogP contribution in [0.3, 0.4) is 0 Å². The summed E-state index contributed by atoms with van der Waals surface area (Å²) in [6.45, 7) is 10.4. The summed E-state index contributed by atoms with van der Waals surface area (Å²) in [6.07, 6.45) is 0. The summed E-state index contributed by atoms with van der Waals surface area (Å²) >= 11 is 0. The summed E-state index contributed by atoms with van der Waals surface area (Å²) in [4.78, 5) is 16.8. The number of benzene rings is 1. The number of carbonyl (C=O) groups excluding carboxylic acids is 1. The molecular formula is C18H29N3O3S. The minimum absolute atomic E-state index is 0.101. The van der Waals surface area contributed by atoms with Crippen molar-refractivity contribution in [3.8, 4) is 0 Å². The molecule has 1 aromatic carbocycles. The number of amides is 1. The molecule has 1 amide bonds. The number of piperazine rings is 1. The van der Waals surface area contributed by atoms with Crippen molar-refractivity contribution in [1.82, 2.24) is 14.1 Å². The molecule has 2 rings (SSSR count). The second-order valence-electron chi connectivity index (χ2n) is 6.98. The first-order valence-electron chi connectivity index (χ1n) is 8.82. The van der Waals surface area contributed by atoms with Crippen LogP contribution in [0.1, 0.15) is 27.7 Å². The molecule has 1 aliphatic rings. The average Bonchev–Trinajstić information content (AvgIpc) is 2.55. The number of hydrogen-bond donors (Lipinski definition) is 0. The fourth-order valence-corrected chi connectivity index (χ4v) is 4.76. The predicted molar refractivity (Wildman–Crippen MR) is 98.8 cm³/mol. The first-order chi connectivity index (χ1) is 11.7. The van der Waals surface area contributed by atoms with E-state index in [1.165, 1.54) is 4.31 Å². The highest BCUT2D eigenvalue weighted by Gasteiger charge is 2.30. The lowest BCUT2D eigenvalue weighted by molar-refractivity contribution is -0.136. The zero-order valence-electron chi connectivity index (χ0n) is 15.6. The Morgan fingerprint density at radius 2 is 1.52 bits per heavy atom. The Morgan fingerprint density at radius 1 is 1.00 bits per heavy atom.